The third kappa shape index (κ3) is 4.47. The molecule has 4 aromatic rings. The summed E-state index contributed by atoms with van der Waals surface area (Å²) in [5.74, 6) is 0. The minimum atomic E-state index is -2.67. The Kier molecular flexibility index (Phi) is 7.03. The van der Waals surface area contributed by atoms with Crippen molar-refractivity contribution in [3.8, 4) is 11.1 Å². The first-order valence-electron chi connectivity index (χ1n) is 13.5. The van der Waals surface area contributed by atoms with Crippen molar-refractivity contribution in [3.05, 3.63) is 141 Å². The Balaban J connectivity index is 1.75. The van der Waals surface area contributed by atoms with Crippen molar-refractivity contribution in [2.24, 2.45) is 0 Å². The average Bonchev–Trinajstić information content (AvgIpc) is 3.62. The monoisotopic (exact) mass is 557 g/mol. The third-order valence-electron chi connectivity index (χ3n) is 7.79. The van der Waals surface area contributed by atoms with Crippen LogP contribution in [0, 0.1) is 0 Å². The van der Waals surface area contributed by atoms with Crippen molar-refractivity contribution in [1.29, 1.82) is 0 Å². The average molecular weight is 559 g/mol. The van der Waals surface area contributed by atoms with Gasteiger partial charge in [-0.15, -0.1) is 0 Å². The van der Waals surface area contributed by atoms with Crippen LogP contribution >= 0.6 is 0 Å². The predicted octanol–water partition coefficient (Wildman–Crippen LogP) is 7.46. The van der Waals surface area contributed by atoms with E-state index in [0.29, 0.717) is 0 Å². The Morgan fingerprint density at radius 2 is 1.38 bits per heavy atom. The van der Waals surface area contributed by atoms with E-state index in [4.69, 9.17) is 0 Å². The normalized spacial score (nSPS) is 13.2. The number of hydrogen-bond donors (Lipinski definition) is 0. The Morgan fingerprint density at radius 1 is 0.730 bits per heavy atom. The summed E-state index contributed by atoms with van der Waals surface area (Å²) in [5.41, 5.74) is 10.2. The molecule has 0 spiro atoms. The summed E-state index contributed by atoms with van der Waals surface area (Å²) in [5, 5.41) is 0. The first-order chi connectivity index (χ1) is 18.3. The van der Waals surface area contributed by atoms with E-state index in [2.05, 4.69) is 134 Å². The molecule has 0 heterocycles. The van der Waals surface area contributed by atoms with Gasteiger partial charge in [0.25, 0.3) is 0 Å². The molecule has 0 fully saturated rings. The number of hydrogen-bond acceptors (Lipinski definition) is 1. The number of nitrogens with zero attached hydrogens (tertiary/aromatic N) is 1. The molecule has 0 N–H and O–H groups in total. The van der Waals surface area contributed by atoms with Crippen molar-refractivity contribution in [2.75, 3.05) is 18.0 Å². The summed E-state index contributed by atoms with van der Waals surface area (Å²) in [6.07, 6.45) is 9.22. The van der Waals surface area contributed by atoms with E-state index in [-0.39, 0.29) is 0 Å². The van der Waals surface area contributed by atoms with Gasteiger partial charge in [-0.25, -0.2) is 0 Å². The fraction of sp³-hybridized carbons (Fsp3) is 0.171. The fourth-order valence-electron chi connectivity index (χ4n) is 6.05. The van der Waals surface area contributed by atoms with Crippen molar-refractivity contribution >= 4 is 12.2 Å². The third-order valence-corrected chi connectivity index (χ3v) is 15.5. The van der Waals surface area contributed by atoms with Crippen LogP contribution in [0.5, 0.6) is 0 Å². The molecular weight excluding hydrogens is 526 g/mol. The van der Waals surface area contributed by atoms with Crippen LogP contribution in [-0.2, 0) is 27.7 Å². The Labute approximate surface area is 229 Å². The maximum atomic E-state index is 2.59. The zero-order chi connectivity index (χ0) is 25.2. The maximum absolute atomic E-state index is 2.67. The molecule has 4 aromatic carbocycles. The first kappa shape index (κ1) is 24.3. The molecule has 0 saturated heterocycles. The van der Waals surface area contributed by atoms with Crippen LogP contribution in [0.15, 0.2) is 119 Å². The second-order valence-corrected chi connectivity index (χ2v) is 15.7. The number of rotatable bonds is 7. The van der Waals surface area contributed by atoms with E-state index in [1.165, 1.54) is 33.5 Å². The Hall–Kier alpha value is -3.09. The van der Waals surface area contributed by atoms with Crippen LogP contribution in [-0.4, -0.2) is 16.3 Å². The van der Waals surface area contributed by atoms with E-state index in [9.17, 15) is 0 Å². The Morgan fingerprint density at radius 3 is 2.00 bits per heavy atom. The number of anilines is 1. The van der Waals surface area contributed by atoms with Crippen LogP contribution in [0.4, 0.5) is 5.69 Å². The van der Waals surface area contributed by atoms with Crippen molar-refractivity contribution in [2.45, 2.75) is 26.7 Å². The number of fused-ring (bicyclic) bond motifs is 3. The first-order valence-corrected chi connectivity index (χ1v) is 17.2. The second-order valence-electron chi connectivity index (χ2n) is 9.80. The second kappa shape index (κ2) is 10.7. The summed E-state index contributed by atoms with van der Waals surface area (Å²) < 4.78 is 4.94. The van der Waals surface area contributed by atoms with E-state index in [0.717, 1.165) is 25.9 Å². The van der Waals surface area contributed by atoms with Crippen LogP contribution in [0.2, 0.25) is 0 Å². The van der Waals surface area contributed by atoms with Crippen LogP contribution < -0.4 is 8.17 Å². The van der Waals surface area contributed by atoms with Gasteiger partial charge in [0.05, 0.1) is 0 Å². The molecule has 2 heteroatoms. The summed E-state index contributed by atoms with van der Waals surface area (Å²) in [4.78, 5) is 2.59. The van der Waals surface area contributed by atoms with E-state index in [1.807, 2.05) is 0 Å². The van der Waals surface area contributed by atoms with Crippen LogP contribution in [0.25, 0.3) is 11.1 Å². The van der Waals surface area contributed by atoms with Crippen molar-refractivity contribution in [1.82, 2.24) is 0 Å². The summed E-state index contributed by atoms with van der Waals surface area (Å²) in [7, 11) is 0. The molecule has 0 radical (unpaired) electrons. The number of benzene rings is 4. The zero-order valence-electron chi connectivity index (χ0n) is 21.7. The van der Waals surface area contributed by atoms with Crippen molar-refractivity contribution < 1.29 is 21.3 Å². The quantitative estimate of drug-likeness (QED) is 0.200. The van der Waals surface area contributed by atoms with E-state index >= 15 is 0 Å². The molecule has 0 saturated carbocycles. The predicted molar refractivity (Wildman–Crippen MR) is 156 cm³/mol. The molecule has 2 aliphatic rings. The molecule has 0 amide bonds. The topological polar surface area (TPSA) is 3.24 Å². The van der Waals surface area contributed by atoms with Gasteiger partial charge in [0.15, 0.2) is 0 Å². The van der Waals surface area contributed by atoms with Gasteiger partial charge < -0.3 is 0 Å². The molecular formula is C35H33NZr. The molecule has 6 rings (SSSR count). The van der Waals surface area contributed by atoms with Gasteiger partial charge in [-0.3, -0.25) is 0 Å². The van der Waals surface area contributed by atoms with Crippen molar-refractivity contribution in [3.63, 3.8) is 0 Å². The summed E-state index contributed by atoms with van der Waals surface area (Å²) in [6, 6.07) is 36.3. The minimum absolute atomic E-state index is 1.02. The molecule has 0 aliphatic heterocycles. The standard InChI is InChI=1S/C17H18N.C13H10.C5H5.Zr/c1-3-18(4-2)15-9-10-17-14(12-15)11-13-7-5-6-8-16(13)17;1-3-7-12(8-4-1)11-13-9-5-2-6-10-13;1-2-4-5-3-1;/h5-10H,3-4,11H2,1-2H3;1-10H;1-3H,4H2;. The fourth-order valence-corrected chi connectivity index (χ4v) is 14.4. The van der Waals surface area contributed by atoms with Gasteiger partial charge in [0.2, 0.25) is 0 Å². The molecule has 0 aromatic heterocycles. The van der Waals surface area contributed by atoms with Gasteiger partial charge in [-0.2, -0.15) is 0 Å². The van der Waals surface area contributed by atoms with Crippen LogP contribution in [0.3, 0.4) is 0 Å². The van der Waals surface area contributed by atoms with Crippen LogP contribution in [0.1, 0.15) is 42.5 Å². The zero-order valence-corrected chi connectivity index (χ0v) is 24.2. The van der Waals surface area contributed by atoms with Gasteiger partial charge in [-0.1, -0.05) is 0 Å². The van der Waals surface area contributed by atoms with Gasteiger partial charge in [-0.05, 0) is 0 Å². The molecule has 0 unspecified atom stereocenters. The molecule has 0 bridgehead atoms. The van der Waals surface area contributed by atoms with Gasteiger partial charge >= 0.3 is 230 Å². The van der Waals surface area contributed by atoms with E-state index < -0.39 is 21.3 Å². The SMILES string of the molecule is CCN(CC)c1ccc2c([c]1[Zr]([C]1=CC=CC1)=[C](c1ccccc1)c1ccccc1)Cc1ccccc1-2. The molecule has 1 nitrogen and oxygen atoms in total. The summed E-state index contributed by atoms with van der Waals surface area (Å²) >= 11 is -2.67. The molecule has 37 heavy (non-hydrogen) atoms. The molecule has 0 atom stereocenters. The molecule has 182 valence electrons. The van der Waals surface area contributed by atoms with Gasteiger partial charge in [0.1, 0.15) is 0 Å². The Bertz CT molecular complexity index is 1480. The number of allylic oxidation sites excluding steroid dienone is 4. The van der Waals surface area contributed by atoms with E-state index in [1.54, 1.807) is 15.3 Å². The summed E-state index contributed by atoms with van der Waals surface area (Å²) in [6.45, 7) is 6.64. The van der Waals surface area contributed by atoms with Gasteiger partial charge in [0, 0.05) is 0 Å². The molecule has 2 aliphatic carbocycles.